The van der Waals surface area contributed by atoms with E-state index in [1.807, 2.05) is 43.3 Å². The number of nitrogens with one attached hydrogen (secondary N) is 1. The van der Waals surface area contributed by atoms with Crippen molar-refractivity contribution in [1.29, 1.82) is 5.26 Å². The van der Waals surface area contributed by atoms with Crippen molar-refractivity contribution >= 4 is 28.2 Å². The van der Waals surface area contributed by atoms with Crippen LogP contribution in [0.25, 0.3) is 0 Å². The third-order valence-corrected chi connectivity index (χ3v) is 4.87. The van der Waals surface area contributed by atoms with Crippen LogP contribution in [0.5, 0.6) is 0 Å². The molecule has 0 fully saturated rings. The Balaban J connectivity index is 2.31. The Morgan fingerprint density at radius 3 is 2.52 bits per heavy atom. The number of anilines is 1. The van der Waals surface area contributed by atoms with Crippen LogP contribution >= 0.6 is 11.3 Å². The number of hydrogen-bond donors (Lipinski definition) is 2. The monoisotopic (exact) mass is 327 g/mol. The number of nitrogens with two attached hydrogens (primary N) is 1. The van der Waals surface area contributed by atoms with Crippen molar-refractivity contribution in [3.8, 4) is 6.07 Å². The standard InChI is InChI=1S/C17H17N3O2S/c1-3-12(11-7-5-4-6-8-11)16(22)20-17-13(9-18)10(2)14(23-17)15(19)21/h4-8,12H,3H2,1-2H3,(H2,19,21)(H,20,22). The second-order valence-corrected chi connectivity index (χ2v) is 6.12. The Morgan fingerprint density at radius 2 is 2.00 bits per heavy atom. The van der Waals surface area contributed by atoms with Crippen LogP contribution in [0.2, 0.25) is 0 Å². The minimum absolute atomic E-state index is 0.201. The van der Waals surface area contributed by atoms with Crippen molar-refractivity contribution in [2.45, 2.75) is 26.2 Å². The maximum Gasteiger partial charge on any atom is 0.259 e. The van der Waals surface area contributed by atoms with Crippen molar-refractivity contribution in [2.75, 3.05) is 5.32 Å². The van der Waals surface area contributed by atoms with E-state index in [4.69, 9.17) is 5.73 Å². The van der Waals surface area contributed by atoms with Crippen LogP contribution in [0.4, 0.5) is 5.00 Å². The molecule has 23 heavy (non-hydrogen) atoms. The number of carbonyl (C=O) groups excluding carboxylic acids is 2. The fraction of sp³-hybridized carbons (Fsp3) is 0.235. The van der Waals surface area contributed by atoms with Crippen LogP contribution in [-0.2, 0) is 4.79 Å². The molecule has 0 radical (unpaired) electrons. The molecule has 1 aromatic carbocycles. The molecule has 5 nitrogen and oxygen atoms in total. The van der Waals surface area contributed by atoms with Gasteiger partial charge >= 0.3 is 0 Å². The van der Waals surface area contributed by atoms with E-state index in [-0.39, 0.29) is 11.8 Å². The third kappa shape index (κ3) is 3.41. The Kier molecular flexibility index (Phi) is 5.14. The lowest BCUT2D eigenvalue weighted by Crippen LogP contribution is -2.20. The number of nitrogens with zero attached hydrogens (tertiary/aromatic N) is 1. The largest absolute Gasteiger partial charge is 0.365 e. The predicted octanol–water partition coefficient (Wildman–Crippen LogP) is 3.16. The topological polar surface area (TPSA) is 96.0 Å². The highest BCUT2D eigenvalue weighted by atomic mass is 32.1. The van der Waals surface area contributed by atoms with E-state index >= 15 is 0 Å². The number of amides is 2. The van der Waals surface area contributed by atoms with Crippen molar-refractivity contribution in [3.63, 3.8) is 0 Å². The highest BCUT2D eigenvalue weighted by molar-refractivity contribution is 7.18. The first-order valence-electron chi connectivity index (χ1n) is 7.18. The number of benzene rings is 1. The molecule has 1 heterocycles. The molecule has 1 aromatic heterocycles. The van der Waals surface area contributed by atoms with E-state index in [0.29, 0.717) is 27.4 Å². The first-order chi connectivity index (χ1) is 11.0. The zero-order chi connectivity index (χ0) is 17.0. The van der Waals surface area contributed by atoms with Crippen LogP contribution in [0, 0.1) is 18.3 Å². The number of carbonyl (C=O) groups is 2. The molecule has 3 N–H and O–H groups in total. The van der Waals surface area contributed by atoms with Gasteiger partial charge in [-0.3, -0.25) is 9.59 Å². The van der Waals surface area contributed by atoms with Crippen molar-refractivity contribution in [1.82, 2.24) is 0 Å². The molecule has 0 saturated heterocycles. The number of thiophene rings is 1. The summed E-state index contributed by atoms with van der Waals surface area (Å²) >= 11 is 1.04. The second kappa shape index (κ2) is 7.07. The van der Waals surface area contributed by atoms with Crippen LogP contribution in [0.3, 0.4) is 0 Å². The maximum atomic E-state index is 12.6. The van der Waals surface area contributed by atoms with E-state index in [0.717, 1.165) is 16.9 Å². The highest BCUT2D eigenvalue weighted by Gasteiger charge is 2.23. The van der Waals surface area contributed by atoms with Gasteiger partial charge < -0.3 is 11.1 Å². The van der Waals surface area contributed by atoms with E-state index in [9.17, 15) is 14.9 Å². The SMILES string of the molecule is CCC(C(=O)Nc1sc(C(N)=O)c(C)c1C#N)c1ccccc1. The normalized spacial score (nSPS) is 11.5. The smallest absolute Gasteiger partial charge is 0.259 e. The minimum Gasteiger partial charge on any atom is -0.365 e. The van der Waals surface area contributed by atoms with Gasteiger partial charge in [0.2, 0.25) is 5.91 Å². The summed E-state index contributed by atoms with van der Waals surface area (Å²) in [7, 11) is 0. The summed E-state index contributed by atoms with van der Waals surface area (Å²) in [6.45, 7) is 3.58. The summed E-state index contributed by atoms with van der Waals surface area (Å²) in [5.74, 6) is -1.12. The lowest BCUT2D eigenvalue weighted by atomic mass is 9.96. The Bertz CT molecular complexity index is 775. The molecule has 2 aromatic rings. The third-order valence-electron chi connectivity index (χ3n) is 3.65. The van der Waals surface area contributed by atoms with Gasteiger partial charge in [0.15, 0.2) is 0 Å². The molecule has 118 valence electrons. The fourth-order valence-corrected chi connectivity index (χ4v) is 3.44. The number of nitriles is 1. The van der Waals surface area contributed by atoms with Crippen LogP contribution < -0.4 is 11.1 Å². The van der Waals surface area contributed by atoms with Gasteiger partial charge in [0.05, 0.1) is 16.4 Å². The number of rotatable bonds is 5. The predicted molar refractivity (Wildman–Crippen MR) is 90.4 cm³/mol. The minimum atomic E-state index is -0.598. The lowest BCUT2D eigenvalue weighted by molar-refractivity contribution is -0.117. The maximum absolute atomic E-state index is 12.6. The lowest BCUT2D eigenvalue weighted by Gasteiger charge is -2.14. The van der Waals surface area contributed by atoms with Crippen molar-refractivity contribution < 1.29 is 9.59 Å². The quantitative estimate of drug-likeness (QED) is 0.883. The van der Waals surface area contributed by atoms with Gasteiger partial charge in [-0.1, -0.05) is 37.3 Å². The Hall–Kier alpha value is -2.65. The summed E-state index contributed by atoms with van der Waals surface area (Å²) in [6, 6.07) is 11.5. The van der Waals surface area contributed by atoms with Gasteiger partial charge in [-0.25, -0.2) is 0 Å². The molecule has 0 saturated carbocycles. The number of primary amides is 1. The van der Waals surface area contributed by atoms with E-state index in [2.05, 4.69) is 5.32 Å². The zero-order valence-electron chi connectivity index (χ0n) is 12.9. The molecule has 2 rings (SSSR count). The van der Waals surface area contributed by atoms with Gasteiger partial charge in [0.1, 0.15) is 11.1 Å². The average Bonchev–Trinajstić information content (AvgIpc) is 2.85. The molecular formula is C17H17N3O2S. The van der Waals surface area contributed by atoms with Gasteiger partial charge in [-0.2, -0.15) is 5.26 Å². The fourth-order valence-electron chi connectivity index (χ4n) is 2.43. The number of hydrogen-bond acceptors (Lipinski definition) is 4. The molecular weight excluding hydrogens is 310 g/mol. The van der Waals surface area contributed by atoms with Gasteiger partial charge in [-0.15, -0.1) is 11.3 Å². The van der Waals surface area contributed by atoms with Crippen LogP contribution in [-0.4, -0.2) is 11.8 Å². The summed E-state index contributed by atoms with van der Waals surface area (Å²) in [6.07, 6.45) is 0.630. The first-order valence-corrected chi connectivity index (χ1v) is 8.00. The summed E-state index contributed by atoms with van der Waals surface area (Å²) in [5.41, 5.74) is 7.02. The van der Waals surface area contributed by atoms with E-state index in [1.54, 1.807) is 6.92 Å². The molecule has 0 spiro atoms. The van der Waals surface area contributed by atoms with Crippen molar-refractivity contribution in [2.24, 2.45) is 5.73 Å². The molecule has 2 amide bonds. The summed E-state index contributed by atoms with van der Waals surface area (Å²) < 4.78 is 0. The highest BCUT2D eigenvalue weighted by Crippen LogP contribution is 2.33. The van der Waals surface area contributed by atoms with E-state index < -0.39 is 5.91 Å². The molecule has 6 heteroatoms. The first kappa shape index (κ1) is 16.7. The average molecular weight is 327 g/mol. The Labute approximate surface area is 138 Å². The molecule has 0 bridgehead atoms. The van der Waals surface area contributed by atoms with Gasteiger partial charge in [-0.05, 0) is 24.5 Å². The zero-order valence-corrected chi connectivity index (χ0v) is 13.7. The summed E-state index contributed by atoms with van der Waals surface area (Å²) in [4.78, 5) is 24.3. The molecule has 0 aliphatic heterocycles. The van der Waals surface area contributed by atoms with Gasteiger partial charge in [0, 0.05) is 0 Å². The molecule has 1 unspecified atom stereocenters. The van der Waals surface area contributed by atoms with E-state index in [1.165, 1.54) is 0 Å². The Morgan fingerprint density at radius 1 is 1.35 bits per heavy atom. The second-order valence-electron chi connectivity index (χ2n) is 5.10. The van der Waals surface area contributed by atoms with Crippen LogP contribution in [0.1, 0.15) is 45.6 Å². The molecule has 0 aliphatic carbocycles. The van der Waals surface area contributed by atoms with Gasteiger partial charge in [0.25, 0.3) is 5.91 Å². The molecule has 0 aliphatic rings. The molecule has 1 atom stereocenters. The summed E-state index contributed by atoms with van der Waals surface area (Å²) in [5, 5.41) is 12.4. The van der Waals surface area contributed by atoms with Crippen LogP contribution in [0.15, 0.2) is 30.3 Å². The van der Waals surface area contributed by atoms with Crippen molar-refractivity contribution in [3.05, 3.63) is 51.9 Å².